The topological polar surface area (TPSA) is 86.8 Å². The Morgan fingerprint density at radius 1 is 1.03 bits per heavy atom. The minimum atomic E-state index is -3.80. The molecule has 0 fully saturated rings. The summed E-state index contributed by atoms with van der Waals surface area (Å²) in [4.78, 5) is 27.1. The number of anilines is 1. The number of nitrogens with zero attached hydrogens (tertiary/aromatic N) is 2. The Bertz CT molecular complexity index is 1080. The van der Waals surface area contributed by atoms with Gasteiger partial charge in [-0.3, -0.25) is 13.9 Å². The summed E-state index contributed by atoms with van der Waals surface area (Å²) in [7, 11) is -3.80. The summed E-state index contributed by atoms with van der Waals surface area (Å²) in [5.74, 6) is -0.946. The van der Waals surface area contributed by atoms with Crippen LogP contribution in [0.3, 0.4) is 0 Å². The third kappa shape index (κ3) is 7.00. The van der Waals surface area contributed by atoms with Gasteiger partial charge >= 0.3 is 0 Å². The van der Waals surface area contributed by atoms with E-state index in [1.807, 2.05) is 0 Å². The first-order chi connectivity index (χ1) is 14.9. The molecule has 7 nitrogen and oxygen atoms in total. The van der Waals surface area contributed by atoms with Crippen molar-refractivity contribution in [2.45, 2.75) is 26.4 Å². The Kier molecular flexibility index (Phi) is 9.21. The normalized spacial score (nSPS) is 12.2. The molecule has 0 spiro atoms. The van der Waals surface area contributed by atoms with Gasteiger partial charge in [-0.15, -0.1) is 0 Å². The first kappa shape index (κ1) is 26.3. The highest BCUT2D eigenvalue weighted by Crippen LogP contribution is 2.24. The lowest BCUT2D eigenvalue weighted by Gasteiger charge is -2.31. The molecule has 2 aromatic rings. The van der Waals surface area contributed by atoms with Crippen LogP contribution in [0.2, 0.25) is 15.1 Å². The van der Waals surface area contributed by atoms with Gasteiger partial charge in [-0.25, -0.2) is 8.42 Å². The molecule has 2 amide bonds. The van der Waals surface area contributed by atoms with Crippen LogP contribution in [0, 0.1) is 0 Å². The van der Waals surface area contributed by atoms with Crippen molar-refractivity contribution in [3.8, 4) is 0 Å². The molecule has 32 heavy (non-hydrogen) atoms. The Balaban J connectivity index is 2.40. The van der Waals surface area contributed by atoms with Crippen molar-refractivity contribution in [3.05, 3.63) is 63.1 Å². The molecule has 0 aliphatic heterocycles. The van der Waals surface area contributed by atoms with Crippen LogP contribution in [0.4, 0.5) is 5.69 Å². The quantitative estimate of drug-likeness (QED) is 0.542. The van der Waals surface area contributed by atoms with Crippen molar-refractivity contribution in [1.29, 1.82) is 0 Å². The van der Waals surface area contributed by atoms with E-state index in [0.29, 0.717) is 27.2 Å². The number of carbonyl (C=O) groups excluding carboxylic acids is 2. The van der Waals surface area contributed by atoms with Crippen LogP contribution in [0.15, 0.2) is 42.5 Å². The molecule has 0 aliphatic carbocycles. The second kappa shape index (κ2) is 11.2. The van der Waals surface area contributed by atoms with E-state index >= 15 is 0 Å². The van der Waals surface area contributed by atoms with Gasteiger partial charge in [0.25, 0.3) is 0 Å². The van der Waals surface area contributed by atoms with Crippen molar-refractivity contribution in [1.82, 2.24) is 10.2 Å². The third-order valence-corrected chi connectivity index (χ3v) is 6.65. The van der Waals surface area contributed by atoms with Crippen LogP contribution in [0.5, 0.6) is 0 Å². The summed E-state index contributed by atoms with van der Waals surface area (Å²) in [6, 6.07) is 10.0. The minimum absolute atomic E-state index is 0.00858. The number of rotatable bonds is 9. The van der Waals surface area contributed by atoms with Gasteiger partial charge in [0, 0.05) is 28.2 Å². The van der Waals surface area contributed by atoms with Crippen molar-refractivity contribution < 1.29 is 18.0 Å². The lowest BCUT2D eigenvalue weighted by molar-refractivity contribution is -0.139. The highest BCUT2D eigenvalue weighted by atomic mass is 35.5. The number of hydrogen-bond acceptors (Lipinski definition) is 4. The van der Waals surface area contributed by atoms with Gasteiger partial charge in [-0.05, 0) is 55.8 Å². The SMILES string of the molecule is CCNC(=O)[C@@H](C)N(Cc1ccc(Cl)cc1Cl)C(=O)CN(c1ccc(Cl)cc1)S(C)(=O)=O. The largest absolute Gasteiger partial charge is 0.355 e. The van der Waals surface area contributed by atoms with Crippen LogP contribution in [0.25, 0.3) is 0 Å². The summed E-state index contributed by atoms with van der Waals surface area (Å²) < 4.78 is 25.8. The van der Waals surface area contributed by atoms with Gasteiger partial charge in [0.2, 0.25) is 21.8 Å². The molecular weight excluding hydrogens is 497 g/mol. The molecule has 1 atom stereocenters. The number of amides is 2. The first-order valence-electron chi connectivity index (χ1n) is 9.68. The number of nitrogens with one attached hydrogen (secondary N) is 1. The van der Waals surface area contributed by atoms with Crippen molar-refractivity contribution >= 4 is 62.3 Å². The van der Waals surface area contributed by atoms with E-state index in [1.165, 1.54) is 35.2 Å². The Morgan fingerprint density at radius 2 is 1.62 bits per heavy atom. The molecule has 0 aromatic heterocycles. The van der Waals surface area contributed by atoms with Crippen molar-refractivity contribution in [2.24, 2.45) is 0 Å². The van der Waals surface area contributed by atoms with E-state index in [1.54, 1.807) is 26.0 Å². The maximum Gasteiger partial charge on any atom is 0.244 e. The van der Waals surface area contributed by atoms with E-state index in [4.69, 9.17) is 34.8 Å². The molecule has 2 aromatic carbocycles. The fourth-order valence-electron chi connectivity index (χ4n) is 2.96. The van der Waals surface area contributed by atoms with Crippen molar-refractivity contribution in [2.75, 3.05) is 23.7 Å². The zero-order valence-corrected chi connectivity index (χ0v) is 20.9. The number of likely N-dealkylation sites (N-methyl/N-ethyl adjacent to an activating group) is 1. The summed E-state index contributed by atoms with van der Waals surface area (Å²) in [5, 5.41) is 3.87. The van der Waals surface area contributed by atoms with Crippen LogP contribution in [-0.2, 0) is 26.2 Å². The molecule has 0 saturated carbocycles. The average molecular weight is 521 g/mol. The molecule has 0 bridgehead atoms. The molecule has 0 radical (unpaired) electrons. The van der Waals surface area contributed by atoms with Gasteiger partial charge in [0.15, 0.2) is 0 Å². The number of carbonyl (C=O) groups is 2. The molecule has 2 rings (SSSR count). The molecule has 0 aliphatic rings. The standard InChI is InChI=1S/C21H24Cl3N3O4S/c1-4-25-21(29)14(2)26(12-15-5-6-17(23)11-19(15)24)20(28)13-27(32(3,30)31)18-9-7-16(22)8-10-18/h5-11,14H,4,12-13H2,1-3H3,(H,25,29)/t14-/m1/s1. The van der Waals surface area contributed by atoms with Gasteiger partial charge < -0.3 is 10.2 Å². The first-order valence-corrected chi connectivity index (χ1v) is 12.7. The second-order valence-corrected chi connectivity index (χ2v) is 10.3. The summed E-state index contributed by atoms with van der Waals surface area (Å²) in [6.07, 6.45) is 1.00. The van der Waals surface area contributed by atoms with E-state index in [0.717, 1.165) is 10.6 Å². The van der Waals surface area contributed by atoms with E-state index < -0.39 is 28.5 Å². The van der Waals surface area contributed by atoms with E-state index in [2.05, 4.69) is 5.32 Å². The fraction of sp³-hybridized carbons (Fsp3) is 0.333. The zero-order chi connectivity index (χ0) is 24.1. The molecular formula is C21H24Cl3N3O4S. The number of benzene rings is 2. The third-order valence-electron chi connectivity index (χ3n) is 4.67. The highest BCUT2D eigenvalue weighted by molar-refractivity contribution is 7.92. The zero-order valence-electron chi connectivity index (χ0n) is 17.8. The minimum Gasteiger partial charge on any atom is -0.355 e. The van der Waals surface area contributed by atoms with Crippen LogP contribution in [0.1, 0.15) is 19.4 Å². The molecule has 1 N–H and O–H groups in total. The Labute approximate surface area is 203 Å². The van der Waals surface area contributed by atoms with E-state index in [9.17, 15) is 18.0 Å². The number of sulfonamides is 1. The predicted molar refractivity (Wildman–Crippen MR) is 129 cm³/mol. The van der Waals surface area contributed by atoms with Gasteiger partial charge in [-0.1, -0.05) is 40.9 Å². The Morgan fingerprint density at radius 3 is 2.16 bits per heavy atom. The van der Waals surface area contributed by atoms with E-state index in [-0.39, 0.29) is 18.1 Å². The lowest BCUT2D eigenvalue weighted by Crippen LogP contribution is -2.51. The smallest absolute Gasteiger partial charge is 0.244 e. The lowest BCUT2D eigenvalue weighted by atomic mass is 10.1. The maximum absolute atomic E-state index is 13.3. The monoisotopic (exact) mass is 519 g/mol. The molecule has 0 unspecified atom stereocenters. The molecule has 11 heteroatoms. The summed E-state index contributed by atoms with van der Waals surface area (Å²) in [6.45, 7) is 3.20. The molecule has 0 heterocycles. The number of hydrogen-bond donors (Lipinski definition) is 1. The van der Waals surface area contributed by atoms with Gasteiger partial charge in [-0.2, -0.15) is 0 Å². The highest BCUT2D eigenvalue weighted by Gasteiger charge is 2.30. The summed E-state index contributed by atoms with van der Waals surface area (Å²) in [5.41, 5.74) is 0.846. The van der Waals surface area contributed by atoms with Crippen LogP contribution in [-0.4, -0.2) is 50.5 Å². The fourth-order valence-corrected chi connectivity index (χ4v) is 4.40. The molecule has 0 saturated heterocycles. The van der Waals surface area contributed by atoms with Crippen molar-refractivity contribution in [3.63, 3.8) is 0 Å². The average Bonchev–Trinajstić information content (AvgIpc) is 2.71. The Hall–Kier alpha value is -2.00. The van der Waals surface area contributed by atoms with Crippen LogP contribution >= 0.6 is 34.8 Å². The maximum atomic E-state index is 13.3. The van der Waals surface area contributed by atoms with Crippen LogP contribution < -0.4 is 9.62 Å². The summed E-state index contributed by atoms with van der Waals surface area (Å²) >= 11 is 18.1. The molecule has 174 valence electrons. The second-order valence-electron chi connectivity index (χ2n) is 7.07. The van der Waals surface area contributed by atoms with Gasteiger partial charge in [0.05, 0.1) is 11.9 Å². The number of halogens is 3. The predicted octanol–water partition coefficient (Wildman–Crippen LogP) is 3.97. The van der Waals surface area contributed by atoms with Gasteiger partial charge in [0.1, 0.15) is 12.6 Å².